The maximum absolute atomic E-state index is 12.3. The van der Waals surface area contributed by atoms with Crippen molar-refractivity contribution in [3.63, 3.8) is 0 Å². The van der Waals surface area contributed by atoms with Gasteiger partial charge in [-0.25, -0.2) is 10.2 Å². The van der Waals surface area contributed by atoms with Crippen molar-refractivity contribution in [2.24, 2.45) is 22.9 Å². The van der Waals surface area contributed by atoms with Crippen molar-refractivity contribution in [3.8, 4) is 5.75 Å². The average Bonchev–Trinajstić information content (AvgIpc) is 2.54. The zero-order chi connectivity index (χ0) is 18.3. The summed E-state index contributed by atoms with van der Waals surface area (Å²) >= 11 is 0. The molecule has 0 heterocycles. The lowest BCUT2D eigenvalue weighted by Gasteiger charge is -2.56. The Balaban J connectivity index is 1.38. The molecular weight excluding hydrogens is 336 g/mol. The minimum Gasteiger partial charge on any atom is -0.507 e. The van der Waals surface area contributed by atoms with Crippen LogP contribution in [0, 0.1) is 27.9 Å². The van der Waals surface area contributed by atoms with Gasteiger partial charge in [0.15, 0.2) is 0 Å². The number of nitro benzene ring substituents is 1. The quantitative estimate of drug-likeness (QED) is 0.436. The standard InChI is InChI=1S/C18H22N4O4/c23-16-2-1-15(22(25)26)6-14(16)10-19-21-17(24)20-18-7-11-3-12(8-18)5-13(4-11)9-18/h1-2,6,10-13,23H,3-5,7-9H2,(H2,20,21,24)/b19-10-. The Morgan fingerprint density at radius 3 is 2.42 bits per heavy atom. The molecule has 0 atom stereocenters. The van der Waals surface area contributed by atoms with Crippen molar-refractivity contribution in [1.29, 1.82) is 0 Å². The van der Waals surface area contributed by atoms with Crippen LogP contribution in [0.4, 0.5) is 10.5 Å². The van der Waals surface area contributed by atoms with E-state index in [1.54, 1.807) is 0 Å². The van der Waals surface area contributed by atoms with Gasteiger partial charge in [0.2, 0.25) is 0 Å². The van der Waals surface area contributed by atoms with Gasteiger partial charge in [0.25, 0.3) is 5.69 Å². The van der Waals surface area contributed by atoms with E-state index in [1.165, 1.54) is 43.7 Å². The number of hydrazone groups is 1. The van der Waals surface area contributed by atoms with Crippen LogP contribution in [0.2, 0.25) is 0 Å². The van der Waals surface area contributed by atoms with E-state index in [1.807, 2.05) is 0 Å². The van der Waals surface area contributed by atoms with Crippen LogP contribution in [0.15, 0.2) is 23.3 Å². The highest BCUT2D eigenvalue weighted by atomic mass is 16.6. The molecule has 1 aromatic rings. The number of phenolic OH excluding ortho intramolecular Hbond substituents is 1. The summed E-state index contributed by atoms with van der Waals surface area (Å²) in [5, 5.41) is 27.5. The molecule has 138 valence electrons. The molecule has 4 aliphatic rings. The Hall–Kier alpha value is -2.64. The maximum atomic E-state index is 12.3. The highest BCUT2D eigenvalue weighted by Crippen LogP contribution is 2.55. The lowest BCUT2D eigenvalue weighted by Crippen LogP contribution is -2.61. The average molecular weight is 358 g/mol. The van der Waals surface area contributed by atoms with Gasteiger partial charge in [-0.05, 0) is 62.3 Å². The van der Waals surface area contributed by atoms with E-state index in [4.69, 9.17) is 0 Å². The first kappa shape index (κ1) is 16.8. The Labute approximate surface area is 150 Å². The van der Waals surface area contributed by atoms with Gasteiger partial charge in [0.1, 0.15) is 5.75 Å². The molecular formula is C18H22N4O4. The molecule has 5 rings (SSSR count). The van der Waals surface area contributed by atoms with Crippen LogP contribution in [0.5, 0.6) is 5.75 Å². The molecule has 2 amide bonds. The van der Waals surface area contributed by atoms with Crippen LogP contribution in [0.3, 0.4) is 0 Å². The number of non-ortho nitro benzene ring substituents is 1. The summed E-state index contributed by atoms with van der Waals surface area (Å²) in [6, 6.07) is 3.28. The fourth-order valence-corrected chi connectivity index (χ4v) is 5.45. The third-order valence-electron chi connectivity index (χ3n) is 6.01. The first-order valence-corrected chi connectivity index (χ1v) is 9.01. The summed E-state index contributed by atoms with van der Waals surface area (Å²) in [6.07, 6.45) is 8.24. The molecule has 4 saturated carbocycles. The number of carbonyl (C=O) groups excluding carboxylic acids is 1. The number of hydrogen-bond acceptors (Lipinski definition) is 5. The van der Waals surface area contributed by atoms with E-state index in [0.717, 1.165) is 37.0 Å². The smallest absolute Gasteiger partial charge is 0.335 e. The Bertz CT molecular complexity index is 741. The van der Waals surface area contributed by atoms with Crippen LogP contribution in [0.1, 0.15) is 44.1 Å². The molecule has 4 fully saturated rings. The Kier molecular flexibility index (Phi) is 4.05. The molecule has 3 N–H and O–H groups in total. The van der Waals surface area contributed by atoms with E-state index in [-0.39, 0.29) is 28.6 Å². The summed E-state index contributed by atoms with van der Waals surface area (Å²) in [6.45, 7) is 0. The number of benzene rings is 1. The zero-order valence-corrected chi connectivity index (χ0v) is 14.4. The van der Waals surface area contributed by atoms with Crippen molar-refractivity contribution in [1.82, 2.24) is 10.7 Å². The number of hydrogen-bond donors (Lipinski definition) is 3. The number of phenols is 1. The largest absolute Gasteiger partial charge is 0.507 e. The van der Waals surface area contributed by atoms with Gasteiger partial charge < -0.3 is 10.4 Å². The summed E-state index contributed by atoms with van der Waals surface area (Å²) in [5.41, 5.74) is 2.34. The highest BCUT2D eigenvalue weighted by molar-refractivity contribution is 5.85. The van der Waals surface area contributed by atoms with Crippen molar-refractivity contribution >= 4 is 17.9 Å². The monoisotopic (exact) mass is 358 g/mol. The highest BCUT2D eigenvalue weighted by Gasteiger charge is 2.51. The Morgan fingerprint density at radius 2 is 1.85 bits per heavy atom. The molecule has 8 heteroatoms. The molecule has 0 spiro atoms. The minimum absolute atomic E-state index is 0.109. The zero-order valence-electron chi connectivity index (χ0n) is 14.4. The fourth-order valence-electron chi connectivity index (χ4n) is 5.45. The van der Waals surface area contributed by atoms with Crippen LogP contribution >= 0.6 is 0 Å². The summed E-state index contributed by atoms with van der Waals surface area (Å²) in [7, 11) is 0. The molecule has 0 unspecified atom stereocenters. The van der Waals surface area contributed by atoms with E-state index in [9.17, 15) is 20.0 Å². The first-order valence-electron chi connectivity index (χ1n) is 9.01. The lowest BCUT2D eigenvalue weighted by atomic mass is 9.53. The molecule has 0 aliphatic heterocycles. The van der Waals surface area contributed by atoms with E-state index in [0.29, 0.717) is 0 Å². The SMILES string of the molecule is O=C(N/N=C\c1cc([N+](=O)[O-])ccc1O)NC12CC3CC(CC(C3)C1)C2. The number of nitro groups is 1. The van der Waals surface area contributed by atoms with Crippen molar-refractivity contribution < 1.29 is 14.8 Å². The number of aromatic hydroxyl groups is 1. The molecule has 0 aromatic heterocycles. The van der Waals surface area contributed by atoms with Crippen LogP contribution in [-0.4, -0.2) is 27.8 Å². The number of carbonyl (C=O) groups is 1. The summed E-state index contributed by atoms with van der Waals surface area (Å²) < 4.78 is 0. The number of amides is 2. The van der Waals surface area contributed by atoms with Gasteiger partial charge in [0, 0.05) is 23.2 Å². The van der Waals surface area contributed by atoms with Gasteiger partial charge in [0.05, 0.1) is 11.1 Å². The predicted molar refractivity (Wildman–Crippen MR) is 94.9 cm³/mol. The molecule has 4 aliphatic carbocycles. The second-order valence-electron chi connectivity index (χ2n) is 8.02. The van der Waals surface area contributed by atoms with Gasteiger partial charge in [-0.1, -0.05) is 0 Å². The van der Waals surface area contributed by atoms with E-state index in [2.05, 4.69) is 15.8 Å². The minimum atomic E-state index is -0.552. The van der Waals surface area contributed by atoms with Crippen molar-refractivity contribution in [2.45, 2.75) is 44.1 Å². The van der Waals surface area contributed by atoms with Crippen LogP contribution < -0.4 is 10.7 Å². The second kappa shape index (κ2) is 6.26. The van der Waals surface area contributed by atoms with Gasteiger partial charge in [-0.3, -0.25) is 10.1 Å². The number of nitrogens with zero attached hydrogens (tertiary/aromatic N) is 2. The molecule has 8 nitrogen and oxygen atoms in total. The number of nitrogens with one attached hydrogen (secondary N) is 2. The third kappa shape index (κ3) is 3.23. The molecule has 26 heavy (non-hydrogen) atoms. The normalized spacial score (nSPS) is 31.9. The molecule has 4 bridgehead atoms. The van der Waals surface area contributed by atoms with Gasteiger partial charge >= 0.3 is 6.03 Å². The van der Waals surface area contributed by atoms with Gasteiger partial charge in [-0.15, -0.1) is 0 Å². The fraction of sp³-hybridized carbons (Fsp3) is 0.556. The summed E-state index contributed by atoms with van der Waals surface area (Å²) in [5.74, 6) is 2.05. The topological polar surface area (TPSA) is 117 Å². The summed E-state index contributed by atoms with van der Waals surface area (Å²) in [4.78, 5) is 22.5. The number of rotatable bonds is 4. The van der Waals surface area contributed by atoms with Crippen LogP contribution in [0.25, 0.3) is 0 Å². The van der Waals surface area contributed by atoms with Crippen LogP contribution in [-0.2, 0) is 0 Å². The predicted octanol–water partition coefficient (Wildman–Crippen LogP) is 2.90. The molecule has 0 radical (unpaired) electrons. The number of urea groups is 1. The second-order valence-corrected chi connectivity index (χ2v) is 8.02. The van der Waals surface area contributed by atoms with Crippen molar-refractivity contribution in [3.05, 3.63) is 33.9 Å². The van der Waals surface area contributed by atoms with E-state index < -0.39 is 4.92 Å². The molecule has 0 saturated heterocycles. The molecule has 1 aromatic carbocycles. The third-order valence-corrected chi connectivity index (χ3v) is 6.01. The lowest BCUT2D eigenvalue weighted by molar-refractivity contribution is -0.384. The maximum Gasteiger partial charge on any atom is 0.335 e. The van der Waals surface area contributed by atoms with Crippen molar-refractivity contribution in [2.75, 3.05) is 0 Å². The van der Waals surface area contributed by atoms with E-state index >= 15 is 0 Å². The first-order chi connectivity index (χ1) is 12.4. The Morgan fingerprint density at radius 1 is 1.23 bits per heavy atom. The van der Waals surface area contributed by atoms with Gasteiger partial charge in [-0.2, -0.15) is 5.10 Å².